The van der Waals surface area contributed by atoms with E-state index in [-0.39, 0.29) is 41.8 Å². The second-order valence-corrected chi connectivity index (χ2v) is 5.89. The smallest absolute Gasteiger partial charge is 0.224 e. The first-order chi connectivity index (χ1) is 8.05. The molecule has 0 bridgehead atoms. The molecule has 2 unspecified atom stereocenters. The zero-order valence-electron chi connectivity index (χ0n) is 11.5. The molecule has 106 valence electrons. The number of carbonyl (C=O) groups excluding carboxylic acids is 1. The van der Waals surface area contributed by atoms with Gasteiger partial charge in [0.15, 0.2) is 0 Å². The van der Waals surface area contributed by atoms with Gasteiger partial charge in [-0.25, -0.2) is 0 Å². The van der Waals surface area contributed by atoms with Gasteiger partial charge >= 0.3 is 0 Å². The van der Waals surface area contributed by atoms with Crippen molar-refractivity contribution < 1.29 is 9.53 Å². The Kier molecular flexibility index (Phi) is 5.44. The van der Waals surface area contributed by atoms with Crippen LogP contribution in [0.2, 0.25) is 0 Å². The maximum atomic E-state index is 12.1. The zero-order valence-corrected chi connectivity index (χ0v) is 12.3. The van der Waals surface area contributed by atoms with Crippen molar-refractivity contribution in [3.8, 4) is 0 Å². The van der Waals surface area contributed by atoms with Crippen molar-refractivity contribution in [3.05, 3.63) is 0 Å². The van der Waals surface area contributed by atoms with E-state index in [1.165, 1.54) is 0 Å². The van der Waals surface area contributed by atoms with Gasteiger partial charge in [0.2, 0.25) is 5.91 Å². The number of halogens is 1. The lowest BCUT2D eigenvalue weighted by Crippen LogP contribution is -2.62. The molecular weight excluding hydrogens is 252 g/mol. The minimum Gasteiger partial charge on any atom is -0.381 e. The second-order valence-electron chi connectivity index (χ2n) is 5.89. The molecule has 4 nitrogen and oxygen atoms in total. The highest BCUT2D eigenvalue weighted by Gasteiger charge is 2.49. The molecule has 0 spiro atoms. The van der Waals surface area contributed by atoms with Crippen LogP contribution in [0.3, 0.4) is 0 Å². The number of ether oxygens (including phenoxy) is 1. The molecule has 1 saturated heterocycles. The Balaban J connectivity index is 0.00000162. The van der Waals surface area contributed by atoms with Crippen molar-refractivity contribution in [1.82, 2.24) is 10.6 Å². The van der Waals surface area contributed by atoms with E-state index in [0.717, 1.165) is 32.4 Å². The Morgan fingerprint density at radius 1 is 1.44 bits per heavy atom. The van der Waals surface area contributed by atoms with Crippen molar-refractivity contribution in [3.63, 3.8) is 0 Å². The van der Waals surface area contributed by atoms with Gasteiger partial charge in [-0.3, -0.25) is 4.79 Å². The fourth-order valence-corrected chi connectivity index (χ4v) is 2.90. The zero-order chi connectivity index (χ0) is 12.5. The van der Waals surface area contributed by atoms with E-state index in [2.05, 4.69) is 24.5 Å². The van der Waals surface area contributed by atoms with Crippen LogP contribution in [-0.2, 0) is 9.53 Å². The molecule has 1 heterocycles. The molecule has 1 amide bonds. The topological polar surface area (TPSA) is 50.4 Å². The average Bonchev–Trinajstić information content (AvgIpc) is 2.34. The first-order valence-corrected chi connectivity index (χ1v) is 6.59. The number of hydrogen-bond acceptors (Lipinski definition) is 3. The van der Waals surface area contributed by atoms with Gasteiger partial charge in [-0.15, -0.1) is 12.4 Å². The van der Waals surface area contributed by atoms with Crippen molar-refractivity contribution in [1.29, 1.82) is 0 Å². The van der Waals surface area contributed by atoms with Gasteiger partial charge in [-0.2, -0.15) is 0 Å². The fraction of sp³-hybridized carbons (Fsp3) is 0.923. The average molecular weight is 277 g/mol. The van der Waals surface area contributed by atoms with E-state index in [4.69, 9.17) is 4.74 Å². The summed E-state index contributed by atoms with van der Waals surface area (Å²) < 4.78 is 5.40. The molecule has 0 aromatic carbocycles. The summed E-state index contributed by atoms with van der Waals surface area (Å²) in [5, 5.41) is 6.46. The molecule has 5 heteroatoms. The lowest BCUT2D eigenvalue weighted by atomic mass is 9.64. The van der Waals surface area contributed by atoms with E-state index < -0.39 is 0 Å². The summed E-state index contributed by atoms with van der Waals surface area (Å²) in [5.41, 5.74) is 0.0620. The second kappa shape index (κ2) is 6.22. The summed E-state index contributed by atoms with van der Waals surface area (Å²) in [4.78, 5) is 12.1. The molecule has 1 aliphatic carbocycles. The predicted molar refractivity (Wildman–Crippen MR) is 74.0 cm³/mol. The maximum Gasteiger partial charge on any atom is 0.224 e. The van der Waals surface area contributed by atoms with Crippen molar-refractivity contribution >= 4 is 18.3 Å². The first kappa shape index (κ1) is 15.7. The van der Waals surface area contributed by atoms with E-state index in [0.29, 0.717) is 0 Å². The number of piperidine rings is 1. The Morgan fingerprint density at radius 3 is 2.67 bits per heavy atom. The molecule has 0 radical (unpaired) electrons. The Morgan fingerprint density at radius 2 is 2.17 bits per heavy atom. The molecule has 0 aromatic heterocycles. The van der Waals surface area contributed by atoms with Gasteiger partial charge in [0.25, 0.3) is 0 Å². The lowest BCUT2D eigenvalue weighted by Gasteiger charge is -2.51. The molecule has 3 atom stereocenters. The highest BCUT2D eigenvalue weighted by molar-refractivity contribution is 5.85. The van der Waals surface area contributed by atoms with Crippen molar-refractivity contribution in [2.75, 3.05) is 20.2 Å². The third-order valence-electron chi connectivity index (χ3n) is 4.45. The molecule has 2 rings (SSSR count). The molecule has 2 aliphatic rings. The third-order valence-corrected chi connectivity index (χ3v) is 4.45. The molecular formula is C13H25ClN2O2. The minimum atomic E-state index is 0. The fourth-order valence-electron chi connectivity index (χ4n) is 2.90. The molecule has 2 fully saturated rings. The van der Waals surface area contributed by atoms with E-state index >= 15 is 0 Å². The van der Waals surface area contributed by atoms with E-state index in [1.54, 1.807) is 7.11 Å². The van der Waals surface area contributed by atoms with E-state index in [9.17, 15) is 4.79 Å². The van der Waals surface area contributed by atoms with Gasteiger partial charge in [0, 0.05) is 25.1 Å². The van der Waals surface area contributed by atoms with Crippen molar-refractivity contribution in [2.45, 2.75) is 45.3 Å². The quantitative estimate of drug-likeness (QED) is 0.818. The number of carbonyl (C=O) groups is 1. The van der Waals surface area contributed by atoms with Crippen LogP contribution in [0.1, 0.15) is 33.1 Å². The Hall–Kier alpha value is -0.320. The van der Waals surface area contributed by atoms with Crippen LogP contribution < -0.4 is 10.6 Å². The standard InChI is InChI=1S/C13H24N2O2.ClH/c1-13(2)10(7-11(13)17-3)15-12(16)9-5-4-6-14-8-9;/h9-11,14H,4-8H2,1-3H3,(H,15,16);1H/t9-,10?,11?;/m1./s1. The van der Waals surface area contributed by atoms with Gasteiger partial charge in [0.05, 0.1) is 12.0 Å². The Bertz CT molecular complexity index is 291. The van der Waals surface area contributed by atoms with Gasteiger partial charge in [-0.1, -0.05) is 13.8 Å². The summed E-state index contributed by atoms with van der Waals surface area (Å²) in [6, 6.07) is 0.266. The minimum absolute atomic E-state index is 0. The number of rotatable bonds is 3. The molecule has 1 aliphatic heterocycles. The maximum absolute atomic E-state index is 12.1. The van der Waals surface area contributed by atoms with Gasteiger partial charge < -0.3 is 15.4 Å². The van der Waals surface area contributed by atoms with Crippen LogP contribution in [-0.4, -0.2) is 38.3 Å². The van der Waals surface area contributed by atoms with Gasteiger partial charge in [-0.05, 0) is 25.8 Å². The molecule has 2 N–H and O–H groups in total. The van der Waals surface area contributed by atoms with Gasteiger partial charge in [0.1, 0.15) is 0 Å². The number of amides is 1. The molecule has 18 heavy (non-hydrogen) atoms. The molecule has 0 aromatic rings. The van der Waals surface area contributed by atoms with Crippen molar-refractivity contribution in [2.24, 2.45) is 11.3 Å². The SMILES string of the molecule is COC1CC(NC(=O)[C@@H]2CCCNC2)C1(C)C.Cl. The first-order valence-electron chi connectivity index (χ1n) is 6.59. The third kappa shape index (κ3) is 2.98. The monoisotopic (exact) mass is 276 g/mol. The summed E-state index contributed by atoms with van der Waals surface area (Å²) >= 11 is 0. The number of hydrogen-bond donors (Lipinski definition) is 2. The summed E-state index contributed by atoms with van der Waals surface area (Å²) in [7, 11) is 1.75. The largest absolute Gasteiger partial charge is 0.381 e. The number of methoxy groups -OCH3 is 1. The van der Waals surface area contributed by atoms with E-state index in [1.807, 2.05) is 0 Å². The lowest BCUT2D eigenvalue weighted by molar-refractivity contribution is -0.136. The summed E-state index contributed by atoms with van der Waals surface area (Å²) in [5.74, 6) is 0.367. The Labute approximate surface area is 116 Å². The van der Waals surface area contributed by atoms with Crippen LogP contribution in [0.4, 0.5) is 0 Å². The normalized spacial score (nSPS) is 34.1. The van der Waals surface area contributed by atoms with Crippen LogP contribution in [0.15, 0.2) is 0 Å². The predicted octanol–water partition coefficient (Wildman–Crippen LogP) is 1.34. The highest BCUT2D eigenvalue weighted by atomic mass is 35.5. The highest BCUT2D eigenvalue weighted by Crippen LogP contribution is 2.42. The van der Waals surface area contributed by atoms with Crippen LogP contribution in [0.5, 0.6) is 0 Å². The van der Waals surface area contributed by atoms with Crippen LogP contribution in [0, 0.1) is 11.3 Å². The number of nitrogens with one attached hydrogen (secondary N) is 2. The summed E-state index contributed by atoms with van der Waals surface area (Å²) in [6.45, 7) is 6.20. The summed E-state index contributed by atoms with van der Waals surface area (Å²) in [6.07, 6.45) is 3.33. The molecule has 1 saturated carbocycles. The van der Waals surface area contributed by atoms with Crippen LogP contribution >= 0.6 is 12.4 Å². The van der Waals surface area contributed by atoms with Crippen LogP contribution in [0.25, 0.3) is 0 Å².